The van der Waals surface area contributed by atoms with E-state index in [0.717, 1.165) is 21.5 Å². The second-order valence-electron chi connectivity index (χ2n) is 3.86. The summed E-state index contributed by atoms with van der Waals surface area (Å²) in [5, 5.41) is 1.84. The first-order valence-electron chi connectivity index (χ1n) is 5.29. The van der Waals surface area contributed by atoms with Gasteiger partial charge in [-0.3, -0.25) is 5.84 Å². The quantitative estimate of drug-likeness (QED) is 0.646. The Kier molecular flexibility index (Phi) is 4.29. The fourth-order valence-corrected chi connectivity index (χ4v) is 3.42. The molecule has 102 valence electrons. The van der Waals surface area contributed by atoms with E-state index in [-0.39, 0.29) is 0 Å². The molecule has 0 bridgehead atoms. The largest absolute Gasteiger partial charge is 0.416 e. The lowest BCUT2D eigenvalue weighted by Gasteiger charge is -2.17. The third-order valence-corrected chi connectivity index (χ3v) is 4.56. The van der Waals surface area contributed by atoms with Crippen LogP contribution in [0, 0.1) is 0 Å². The molecule has 0 aliphatic heterocycles. The van der Waals surface area contributed by atoms with Gasteiger partial charge in [-0.1, -0.05) is 12.1 Å². The lowest BCUT2D eigenvalue weighted by atomic mass is 10.0. The summed E-state index contributed by atoms with van der Waals surface area (Å²) in [6, 6.07) is 6.50. The van der Waals surface area contributed by atoms with E-state index < -0.39 is 17.8 Å². The zero-order valence-electron chi connectivity index (χ0n) is 9.54. The maximum Gasteiger partial charge on any atom is 0.416 e. The molecule has 2 aromatic rings. The highest BCUT2D eigenvalue weighted by Crippen LogP contribution is 2.35. The third-order valence-electron chi connectivity index (χ3n) is 2.62. The Labute approximate surface area is 120 Å². The van der Waals surface area contributed by atoms with Crippen molar-refractivity contribution < 1.29 is 13.2 Å². The average Bonchev–Trinajstić information content (AvgIpc) is 2.76. The standard InChI is InChI=1S/C12H10BrF3N2S/c13-9-4-5-19-11(9)10(18-17)7-2-1-3-8(6-7)12(14,15)16/h1-6,10,18H,17H2. The van der Waals surface area contributed by atoms with Crippen LogP contribution >= 0.6 is 27.3 Å². The molecular formula is C12H10BrF3N2S. The van der Waals surface area contributed by atoms with E-state index in [4.69, 9.17) is 5.84 Å². The first-order valence-corrected chi connectivity index (χ1v) is 6.97. The molecule has 1 heterocycles. The average molecular weight is 351 g/mol. The Morgan fingerprint density at radius 2 is 2.00 bits per heavy atom. The molecule has 0 fully saturated rings. The van der Waals surface area contributed by atoms with Crippen molar-refractivity contribution in [1.29, 1.82) is 0 Å². The van der Waals surface area contributed by atoms with Gasteiger partial charge in [-0.25, -0.2) is 5.43 Å². The van der Waals surface area contributed by atoms with Crippen LogP contribution in [0.15, 0.2) is 40.2 Å². The minimum Gasteiger partial charge on any atom is -0.271 e. The second kappa shape index (κ2) is 5.62. The summed E-state index contributed by atoms with van der Waals surface area (Å²) in [7, 11) is 0. The number of nitrogens with one attached hydrogen (secondary N) is 1. The number of alkyl halides is 3. The number of nitrogens with two attached hydrogens (primary N) is 1. The SMILES string of the molecule is NNC(c1cccc(C(F)(F)F)c1)c1sccc1Br. The van der Waals surface area contributed by atoms with Gasteiger partial charge >= 0.3 is 6.18 Å². The highest BCUT2D eigenvalue weighted by atomic mass is 79.9. The molecule has 0 radical (unpaired) electrons. The van der Waals surface area contributed by atoms with Gasteiger partial charge in [0, 0.05) is 9.35 Å². The smallest absolute Gasteiger partial charge is 0.271 e. The maximum absolute atomic E-state index is 12.7. The number of benzene rings is 1. The predicted molar refractivity (Wildman–Crippen MR) is 72.6 cm³/mol. The van der Waals surface area contributed by atoms with Crippen LogP contribution in [0.1, 0.15) is 22.0 Å². The van der Waals surface area contributed by atoms with Gasteiger partial charge in [-0.2, -0.15) is 13.2 Å². The number of hydrogen-bond donors (Lipinski definition) is 2. The summed E-state index contributed by atoms with van der Waals surface area (Å²) >= 11 is 4.78. The lowest BCUT2D eigenvalue weighted by molar-refractivity contribution is -0.137. The van der Waals surface area contributed by atoms with Crippen molar-refractivity contribution in [2.24, 2.45) is 5.84 Å². The van der Waals surface area contributed by atoms with Crippen molar-refractivity contribution in [2.75, 3.05) is 0 Å². The van der Waals surface area contributed by atoms with Crippen molar-refractivity contribution in [3.8, 4) is 0 Å². The van der Waals surface area contributed by atoms with Gasteiger partial charge < -0.3 is 0 Å². The molecule has 0 amide bonds. The number of hydrogen-bond acceptors (Lipinski definition) is 3. The van der Waals surface area contributed by atoms with Crippen molar-refractivity contribution >= 4 is 27.3 Å². The Morgan fingerprint density at radius 1 is 1.26 bits per heavy atom. The van der Waals surface area contributed by atoms with Crippen LogP contribution < -0.4 is 11.3 Å². The summed E-state index contributed by atoms with van der Waals surface area (Å²) in [5.41, 5.74) is 2.34. The first kappa shape index (κ1) is 14.5. The topological polar surface area (TPSA) is 38.0 Å². The van der Waals surface area contributed by atoms with Crippen LogP contribution in [0.5, 0.6) is 0 Å². The summed E-state index contributed by atoms with van der Waals surface area (Å²) in [6.07, 6.45) is -4.36. The van der Waals surface area contributed by atoms with Gasteiger partial charge in [0.1, 0.15) is 0 Å². The van der Waals surface area contributed by atoms with E-state index >= 15 is 0 Å². The maximum atomic E-state index is 12.7. The third kappa shape index (κ3) is 3.17. The molecule has 0 aliphatic rings. The Balaban J connectivity index is 2.42. The van der Waals surface area contributed by atoms with Crippen LogP contribution in [-0.2, 0) is 6.18 Å². The van der Waals surface area contributed by atoms with E-state index in [1.165, 1.54) is 17.4 Å². The Hall–Kier alpha value is -0.890. The number of thiophene rings is 1. The van der Waals surface area contributed by atoms with E-state index in [0.29, 0.717) is 5.56 Å². The van der Waals surface area contributed by atoms with E-state index in [9.17, 15) is 13.2 Å². The van der Waals surface area contributed by atoms with E-state index in [2.05, 4.69) is 21.4 Å². The van der Waals surface area contributed by atoms with Gasteiger partial charge in [0.2, 0.25) is 0 Å². The molecule has 7 heteroatoms. The molecule has 19 heavy (non-hydrogen) atoms. The molecule has 0 aliphatic carbocycles. The van der Waals surface area contributed by atoms with E-state index in [1.54, 1.807) is 6.07 Å². The van der Waals surface area contributed by atoms with Gasteiger partial charge in [-0.15, -0.1) is 11.3 Å². The summed E-state index contributed by atoms with van der Waals surface area (Å²) in [4.78, 5) is 0.835. The molecular weight excluding hydrogens is 341 g/mol. The van der Waals surface area contributed by atoms with Crippen molar-refractivity contribution in [1.82, 2.24) is 5.43 Å². The normalized spacial score (nSPS) is 13.5. The monoisotopic (exact) mass is 350 g/mol. The van der Waals surface area contributed by atoms with Crippen LogP contribution in [0.25, 0.3) is 0 Å². The van der Waals surface area contributed by atoms with Gasteiger partial charge in [0.25, 0.3) is 0 Å². The molecule has 3 N–H and O–H groups in total. The molecule has 0 saturated carbocycles. The van der Waals surface area contributed by atoms with E-state index in [1.807, 2.05) is 11.4 Å². The van der Waals surface area contributed by atoms with Crippen molar-refractivity contribution in [3.63, 3.8) is 0 Å². The first-order chi connectivity index (χ1) is 8.93. The molecule has 1 unspecified atom stereocenters. The minimum absolute atomic E-state index is 0.473. The molecule has 1 aromatic heterocycles. The summed E-state index contributed by atoms with van der Waals surface area (Å²) in [6.45, 7) is 0. The van der Waals surface area contributed by atoms with Crippen LogP contribution in [0.2, 0.25) is 0 Å². The van der Waals surface area contributed by atoms with Crippen LogP contribution in [-0.4, -0.2) is 0 Å². The number of hydrazine groups is 1. The molecule has 2 rings (SSSR count). The van der Waals surface area contributed by atoms with Crippen molar-refractivity contribution in [3.05, 3.63) is 56.2 Å². The molecule has 1 atom stereocenters. The van der Waals surface area contributed by atoms with Crippen LogP contribution in [0.4, 0.5) is 13.2 Å². The van der Waals surface area contributed by atoms with Gasteiger partial charge in [0.15, 0.2) is 0 Å². The molecule has 2 nitrogen and oxygen atoms in total. The Bertz CT molecular complexity index is 568. The molecule has 1 aromatic carbocycles. The van der Waals surface area contributed by atoms with Gasteiger partial charge in [-0.05, 0) is 45.1 Å². The second-order valence-corrected chi connectivity index (χ2v) is 5.66. The zero-order chi connectivity index (χ0) is 14.0. The fourth-order valence-electron chi connectivity index (χ4n) is 1.73. The highest BCUT2D eigenvalue weighted by Gasteiger charge is 2.31. The minimum atomic E-state index is -4.36. The highest BCUT2D eigenvalue weighted by molar-refractivity contribution is 9.10. The molecule has 0 spiro atoms. The number of halogens is 4. The molecule has 0 saturated heterocycles. The van der Waals surface area contributed by atoms with Crippen LogP contribution in [0.3, 0.4) is 0 Å². The fraction of sp³-hybridized carbons (Fsp3) is 0.167. The lowest BCUT2D eigenvalue weighted by Crippen LogP contribution is -2.28. The van der Waals surface area contributed by atoms with Crippen molar-refractivity contribution in [2.45, 2.75) is 12.2 Å². The Morgan fingerprint density at radius 3 is 2.53 bits per heavy atom. The van der Waals surface area contributed by atoms with Gasteiger partial charge in [0.05, 0.1) is 11.6 Å². The number of rotatable bonds is 3. The zero-order valence-corrected chi connectivity index (χ0v) is 11.9. The summed E-state index contributed by atoms with van der Waals surface area (Å²) in [5.74, 6) is 5.48. The predicted octanol–water partition coefficient (Wildman–Crippen LogP) is 4.08. The summed E-state index contributed by atoms with van der Waals surface area (Å²) < 4.78 is 38.9.